The van der Waals surface area contributed by atoms with Crippen LogP contribution in [0, 0.1) is 5.82 Å². The van der Waals surface area contributed by atoms with E-state index in [2.05, 4.69) is 10.6 Å². The predicted octanol–water partition coefficient (Wildman–Crippen LogP) is 0.984. The quantitative estimate of drug-likeness (QED) is 0.584. The number of piperazine rings is 1. The third-order valence-electron chi connectivity index (χ3n) is 3.75. The molecule has 2 rings (SSSR count). The van der Waals surface area contributed by atoms with E-state index in [9.17, 15) is 18.8 Å². The highest BCUT2D eigenvalue weighted by molar-refractivity contribution is 7.80. The number of halogens is 1. The van der Waals surface area contributed by atoms with Crippen molar-refractivity contribution in [2.75, 3.05) is 19.7 Å². The third-order valence-corrected chi connectivity index (χ3v) is 4.08. The zero-order chi connectivity index (χ0) is 19.1. The van der Waals surface area contributed by atoms with Crippen LogP contribution in [0.3, 0.4) is 0 Å². The monoisotopic (exact) mass is 381 g/mol. The minimum absolute atomic E-state index is 0.0301. The first kappa shape index (κ1) is 19.8. The van der Waals surface area contributed by atoms with Gasteiger partial charge >= 0.3 is 5.97 Å². The molecular formula is C17H20FN3O4S. The summed E-state index contributed by atoms with van der Waals surface area (Å²) in [6, 6.07) is 4.14. The van der Waals surface area contributed by atoms with E-state index in [4.69, 9.17) is 17.0 Å². The molecule has 26 heavy (non-hydrogen) atoms. The number of nitrogens with zero attached hydrogens (tertiary/aromatic N) is 1. The summed E-state index contributed by atoms with van der Waals surface area (Å²) in [5.74, 6) is -1.84. The van der Waals surface area contributed by atoms with Crippen molar-refractivity contribution in [3.63, 3.8) is 0 Å². The van der Waals surface area contributed by atoms with E-state index >= 15 is 0 Å². The van der Waals surface area contributed by atoms with Gasteiger partial charge in [0.05, 0.1) is 13.0 Å². The van der Waals surface area contributed by atoms with E-state index in [1.54, 1.807) is 0 Å². The van der Waals surface area contributed by atoms with Crippen LogP contribution in [-0.4, -0.2) is 53.5 Å². The molecule has 140 valence electrons. The molecule has 0 unspecified atom stereocenters. The van der Waals surface area contributed by atoms with Crippen molar-refractivity contribution in [1.29, 1.82) is 0 Å². The normalized spacial score (nSPS) is 16.6. The number of ether oxygens (including phenoxy) is 1. The highest BCUT2D eigenvalue weighted by Crippen LogP contribution is 2.11. The molecule has 2 amide bonds. The summed E-state index contributed by atoms with van der Waals surface area (Å²) < 4.78 is 18.0. The number of carbonyl (C=O) groups is 3. The lowest BCUT2D eigenvalue weighted by Gasteiger charge is -2.36. The second-order valence-electron chi connectivity index (χ2n) is 5.69. The molecule has 1 aliphatic heterocycles. The van der Waals surface area contributed by atoms with Crippen molar-refractivity contribution in [2.24, 2.45) is 0 Å². The highest BCUT2D eigenvalue weighted by atomic mass is 32.1. The summed E-state index contributed by atoms with van der Waals surface area (Å²) in [4.78, 5) is 37.7. The fourth-order valence-corrected chi connectivity index (χ4v) is 2.75. The van der Waals surface area contributed by atoms with Gasteiger partial charge < -0.3 is 15.0 Å². The largest absolute Gasteiger partial charge is 0.466 e. The molecule has 0 aliphatic carbocycles. The van der Waals surface area contributed by atoms with Gasteiger partial charge in [0.25, 0.3) is 5.91 Å². The third kappa shape index (κ3) is 5.22. The van der Waals surface area contributed by atoms with Gasteiger partial charge in [-0.1, -0.05) is 6.92 Å². The molecule has 0 radical (unpaired) electrons. The molecule has 1 aliphatic rings. The molecule has 1 heterocycles. The average Bonchev–Trinajstić information content (AvgIpc) is 2.62. The van der Waals surface area contributed by atoms with Gasteiger partial charge in [-0.15, -0.1) is 0 Å². The zero-order valence-corrected chi connectivity index (χ0v) is 15.1. The second kappa shape index (κ2) is 9.23. The molecule has 1 aromatic carbocycles. The van der Waals surface area contributed by atoms with Crippen LogP contribution in [0.2, 0.25) is 0 Å². The van der Waals surface area contributed by atoms with Crippen molar-refractivity contribution < 1.29 is 23.5 Å². The molecule has 2 N–H and O–H groups in total. The molecule has 1 fully saturated rings. The van der Waals surface area contributed by atoms with E-state index in [1.165, 1.54) is 29.2 Å². The molecule has 0 bridgehead atoms. The molecule has 0 spiro atoms. The number of thiocarbonyl (C=S) groups is 1. The topological polar surface area (TPSA) is 87.7 Å². The van der Waals surface area contributed by atoms with Crippen molar-refractivity contribution >= 4 is 35.1 Å². The van der Waals surface area contributed by atoms with Gasteiger partial charge in [-0.2, -0.15) is 0 Å². The smallest absolute Gasteiger partial charge is 0.308 e. The Kier molecular flexibility index (Phi) is 7.02. The van der Waals surface area contributed by atoms with Crippen LogP contribution in [-0.2, 0) is 14.3 Å². The average molecular weight is 381 g/mol. The first-order valence-electron chi connectivity index (χ1n) is 8.23. The van der Waals surface area contributed by atoms with Crippen LogP contribution in [0.1, 0.15) is 30.1 Å². The fourth-order valence-electron chi connectivity index (χ4n) is 2.44. The number of carbonyl (C=O) groups excluding carboxylic acids is 3. The summed E-state index contributed by atoms with van der Waals surface area (Å²) in [5, 5.41) is 5.21. The van der Waals surface area contributed by atoms with Gasteiger partial charge in [-0.25, -0.2) is 4.39 Å². The Morgan fingerprint density at radius 3 is 2.73 bits per heavy atom. The molecule has 7 nitrogen and oxygen atoms in total. The van der Waals surface area contributed by atoms with Gasteiger partial charge in [0.15, 0.2) is 5.11 Å². The summed E-state index contributed by atoms with van der Waals surface area (Å²) in [5.41, 5.74) is 0.231. The van der Waals surface area contributed by atoms with Crippen LogP contribution in [0.4, 0.5) is 4.39 Å². The molecule has 1 aromatic rings. The van der Waals surface area contributed by atoms with Gasteiger partial charge in [0.1, 0.15) is 11.9 Å². The lowest BCUT2D eigenvalue weighted by atomic mass is 10.1. The van der Waals surface area contributed by atoms with E-state index < -0.39 is 23.7 Å². The Hall–Kier alpha value is -2.55. The number of rotatable bonds is 5. The Balaban J connectivity index is 2.03. The summed E-state index contributed by atoms with van der Waals surface area (Å²) >= 11 is 5.23. The van der Waals surface area contributed by atoms with Crippen molar-refractivity contribution in [1.82, 2.24) is 15.5 Å². The van der Waals surface area contributed by atoms with Crippen molar-refractivity contribution in [2.45, 2.75) is 25.8 Å². The minimum Gasteiger partial charge on any atom is -0.466 e. The van der Waals surface area contributed by atoms with Gasteiger partial charge in [-0.05, 0) is 42.9 Å². The maximum absolute atomic E-state index is 13.0. The molecule has 1 atom stereocenters. The zero-order valence-electron chi connectivity index (χ0n) is 14.3. The van der Waals surface area contributed by atoms with Crippen LogP contribution in [0.5, 0.6) is 0 Å². The van der Waals surface area contributed by atoms with E-state index in [1.807, 2.05) is 6.92 Å². The Morgan fingerprint density at radius 2 is 2.08 bits per heavy atom. The maximum atomic E-state index is 13.0. The lowest BCUT2D eigenvalue weighted by molar-refractivity contribution is -0.147. The van der Waals surface area contributed by atoms with Crippen LogP contribution in [0.15, 0.2) is 24.3 Å². The number of esters is 1. The fraction of sp³-hybridized carbons (Fsp3) is 0.412. The van der Waals surface area contributed by atoms with Crippen LogP contribution in [0.25, 0.3) is 0 Å². The second-order valence-corrected chi connectivity index (χ2v) is 6.08. The number of hydrogen-bond donors (Lipinski definition) is 2. The van der Waals surface area contributed by atoms with E-state index in [0.29, 0.717) is 19.5 Å². The minimum atomic E-state index is -0.853. The maximum Gasteiger partial charge on any atom is 0.308 e. The molecule has 0 saturated carbocycles. The number of amides is 2. The molecular weight excluding hydrogens is 361 g/mol. The first-order valence-corrected chi connectivity index (χ1v) is 8.64. The number of hydrogen-bond acceptors (Lipinski definition) is 5. The first-order chi connectivity index (χ1) is 12.4. The van der Waals surface area contributed by atoms with Gasteiger partial charge in [0, 0.05) is 18.7 Å². The van der Waals surface area contributed by atoms with Gasteiger partial charge in [0.2, 0.25) is 5.91 Å². The predicted molar refractivity (Wildman–Crippen MR) is 95.8 cm³/mol. The number of benzene rings is 1. The van der Waals surface area contributed by atoms with Crippen molar-refractivity contribution in [3.05, 3.63) is 35.6 Å². The summed E-state index contributed by atoms with van der Waals surface area (Å²) in [6.07, 6.45) is 0.511. The molecule has 0 aromatic heterocycles. The summed E-state index contributed by atoms with van der Waals surface area (Å²) in [7, 11) is 0. The number of nitrogens with one attached hydrogen (secondary N) is 2. The van der Waals surface area contributed by atoms with Crippen molar-refractivity contribution in [3.8, 4) is 0 Å². The Bertz CT molecular complexity index is 696. The van der Waals surface area contributed by atoms with Crippen LogP contribution < -0.4 is 10.6 Å². The SMILES string of the molecule is CCCOC(=O)C[C@@H]1C(=O)NCCN1C(=S)NC(=O)c1ccc(F)cc1. The van der Waals surface area contributed by atoms with E-state index in [0.717, 1.165) is 0 Å². The van der Waals surface area contributed by atoms with E-state index in [-0.39, 0.29) is 29.6 Å². The van der Waals surface area contributed by atoms with Gasteiger partial charge in [-0.3, -0.25) is 19.7 Å². The lowest BCUT2D eigenvalue weighted by Crippen LogP contribution is -2.60. The molecule has 1 saturated heterocycles. The summed E-state index contributed by atoms with van der Waals surface area (Å²) in [6.45, 7) is 2.83. The van der Waals surface area contributed by atoms with Crippen LogP contribution >= 0.6 is 12.2 Å². The molecule has 9 heteroatoms. The highest BCUT2D eigenvalue weighted by Gasteiger charge is 2.34. The standard InChI is InChI=1S/C17H20FN3O4S/c1-2-9-25-14(22)10-13-16(24)19-7-8-21(13)17(26)20-15(23)11-3-5-12(18)6-4-11/h3-6,13H,2,7-10H2,1H3,(H,19,24)(H,20,23,26)/t13-/m1/s1. The Labute approximate surface area is 155 Å². The Morgan fingerprint density at radius 1 is 1.38 bits per heavy atom.